The minimum Gasteiger partial charge on any atom is -0.376 e. The molecule has 2 aliphatic heterocycles. The third-order valence-corrected chi connectivity index (χ3v) is 5.93. The minimum absolute atomic E-state index is 0.0947. The Hall–Kier alpha value is -3.02. The molecule has 0 aliphatic carbocycles. The van der Waals surface area contributed by atoms with Crippen LogP contribution in [0.25, 0.3) is 0 Å². The van der Waals surface area contributed by atoms with Gasteiger partial charge in [-0.2, -0.15) is 0 Å². The molecule has 6 nitrogen and oxygen atoms in total. The molecule has 0 unspecified atom stereocenters. The van der Waals surface area contributed by atoms with Crippen LogP contribution in [0, 0.1) is 6.92 Å². The van der Waals surface area contributed by atoms with Crippen LogP contribution in [0.3, 0.4) is 0 Å². The molecule has 0 aromatic heterocycles. The SMILES string of the molecule is Cc1cc(C(=O)N2CCCC2)ccc1NCC(=O)Nc1ccc(N2CCCC2)cc1. The Balaban J connectivity index is 1.29. The summed E-state index contributed by atoms with van der Waals surface area (Å²) in [5.41, 5.74) is 4.55. The van der Waals surface area contributed by atoms with Crippen LogP contribution in [0.4, 0.5) is 17.1 Å². The number of aryl methyl sites for hydroxylation is 1. The summed E-state index contributed by atoms with van der Waals surface area (Å²) in [7, 11) is 0. The van der Waals surface area contributed by atoms with Crippen LogP contribution in [0.2, 0.25) is 0 Å². The fraction of sp³-hybridized carbons (Fsp3) is 0.417. The normalized spacial score (nSPS) is 16.0. The lowest BCUT2D eigenvalue weighted by Crippen LogP contribution is -2.27. The first-order valence-electron chi connectivity index (χ1n) is 10.9. The zero-order valence-electron chi connectivity index (χ0n) is 17.6. The monoisotopic (exact) mass is 406 g/mol. The van der Waals surface area contributed by atoms with Gasteiger partial charge in [-0.05, 0) is 80.6 Å². The third kappa shape index (κ3) is 4.75. The van der Waals surface area contributed by atoms with E-state index in [1.807, 2.05) is 42.2 Å². The summed E-state index contributed by atoms with van der Waals surface area (Å²) in [5, 5.41) is 6.11. The molecule has 2 aromatic rings. The summed E-state index contributed by atoms with van der Waals surface area (Å²) in [6.45, 7) is 6.04. The van der Waals surface area contributed by atoms with E-state index in [-0.39, 0.29) is 18.4 Å². The highest BCUT2D eigenvalue weighted by atomic mass is 16.2. The van der Waals surface area contributed by atoms with E-state index in [1.165, 1.54) is 18.5 Å². The van der Waals surface area contributed by atoms with Gasteiger partial charge in [0.2, 0.25) is 5.91 Å². The van der Waals surface area contributed by atoms with Crippen LogP contribution in [-0.2, 0) is 4.79 Å². The summed E-state index contributed by atoms with van der Waals surface area (Å²) in [6.07, 6.45) is 4.66. The summed E-state index contributed by atoms with van der Waals surface area (Å²) >= 11 is 0. The molecule has 2 aliphatic rings. The van der Waals surface area contributed by atoms with E-state index in [4.69, 9.17) is 0 Å². The second-order valence-corrected chi connectivity index (χ2v) is 8.17. The summed E-state index contributed by atoms with van der Waals surface area (Å²) in [4.78, 5) is 29.1. The van der Waals surface area contributed by atoms with Crippen LogP contribution in [0.1, 0.15) is 41.6 Å². The van der Waals surface area contributed by atoms with Gasteiger partial charge >= 0.3 is 0 Å². The largest absolute Gasteiger partial charge is 0.376 e. The number of carbonyl (C=O) groups excluding carboxylic acids is 2. The highest BCUT2D eigenvalue weighted by Crippen LogP contribution is 2.22. The molecule has 2 fully saturated rings. The number of rotatable bonds is 6. The van der Waals surface area contributed by atoms with Gasteiger partial charge in [-0.15, -0.1) is 0 Å². The predicted octanol–water partition coefficient (Wildman–Crippen LogP) is 3.88. The molecule has 0 saturated carbocycles. The van der Waals surface area contributed by atoms with E-state index < -0.39 is 0 Å². The molecular weight excluding hydrogens is 376 g/mol. The van der Waals surface area contributed by atoms with Crippen molar-refractivity contribution >= 4 is 28.9 Å². The van der Waals surface area contributed by atoms with Gasteiger partial charge in [0.15, 0.2) is 0 Å². The highest BCUT2D eigenvalue weighted by Gasteiger charge is 2.20. The topological polar surface area (TPSA) is 64.7 Å². The standard InChI is InChI=1S/C24H30N4O2/c1-18-16-19(24(30)28-14-4-5-15-28)6-11-22(18)25-17-23(29)26-20-7-9-21(10-8-20)27-12-2-3-13-27/h6-11,16,25H,2-5,12-15,17H2,1H3,(H,26,29). The second kappa shape index (κ2) is 9.20. The first-order chi connectivity index (χ1) is 14.6. The number of likely N-dealkylation sites (tertiary alicyclic amines) is 1. The maximum absolute atomic E-state index is 12.5. The Morgan fingerprint density at radius 1 is 0.900 bits per heavy atom. The van der Waals surface area contributed by atoms with Gasteiger partial charge in [-0.1, -0.05) is 0 Å². The number of amides is 2. The zero-order chi connectivity index (χ0) is 20.9. The van der Waals surface area contributed by atoms with Crippen LogP contribution in [0.5, 0.6) is 0 Å². The second-order valence-electron chi connectivity index (χ2n) is 8.17. The van der Waals surface area contributed by atoms with Crippen molar-refractivity contribution in [2.75, 3.05) is 48.3 Å². The average molecular weight is 407 g/mol. The van der Waals surface area contributed by atoms with E-state index in [1.54, 1.807) is 0 Å². The molecule has 30 heavy (non-hydrogen) atoms. The summed E-state index contributed by atoms with van der Waals surface area (Å²) in [5.74, 6) is -0.00203. The lowest BCUT2D eigenvalue weighted by atomic mass is 10.1. The third-order valence-electron chi connectivity index (χ3n) is 5.93. The molecule has 0 atom stereocenters. The van der Waals surface area contributed by atoms with E-state index in [2.05, 4.69) is 27.7 Å². The minimum atomic E-state index is -0.0967. The number of benzene rings is 2. The van der Waals surface area contributed by atoms with E-state index in [0.717, 1.165) is 56.0 Å². The molecule has 6 heteroatoms. The lowest BCUT2D eigenvalue weighted by molar-refractivity contribution is -0.114. The van der Waals surface area contributed by atoms with Gasteiger partial charge in [0.1, 0.15) is 0 Å². The summed E-state index contributed by atoms with van der Waals surface area (Å²) < 4.78 is 0. The Bertz CT molecular complexity index is 898. The molecule has 158 valence electrons. The number of carbonyl (C=O) groups is 2. The molecule has 0 radical (unpaired) electrons. The van der Waals surface area contributed by atoms with Crippen LogP contribution >= 0.6 is 0 Å². The van der Waals surface area contributed by atoms with Crippen molar-refractivity contribution < 1.29 is 9.59 Å². The van der Waals surface area contributed by atoms with Crippen molar-refractivity contribution in [3.8, 4) is 0 Å². The van der Waals surface area contributed by atoms with Crippen LogP contribution < -0.4 is 15.5 Å². The maximum Gasteiger partial charge on any atom is 0.253 e. The molecule has 4 rings (SSSR count). The fourth-order valence-corrected chi connectivity index (χ4v) is 4.21. The Morgan fingerprint density at radius 2 is 1.57 bits per heavy atom. The zero-order valence-corrected chi connectivity index (χ0v) is 17.6. The molecule has 2 aromatic carbocycles. The molecule has 2 amide bonds. The Labute approximate surface area is 178 Å². The quantitative estimate of drug-likeness (QED) is 0.764. The van der Waals surface area contributed by atoms with E-state index in [0.29, 0.717) is 5.56 Å². The summed E-state index contributed by atoms with van der Waals surface area (Å²) in [6, 6.07) is 13.7. The van der Waals surface area contributed by atoms with Crippen LogP contribution in [0.15, 0.2) is 42.5 Å². The molecule has 2 N–H and O–H groups in total. The smallest absolute Gasteiger partial charge is 0.253 e. The van der Waals surface area contributed by atoms with Gasteiger partial charge in [-0.3, -0.25) is 9.59 Å². The van der Waals surface area contributed by atoms with Gasteiger partial charge in [0.25, 0.3) is 5.91 Å². The number of nitrogens with one attached hydrogen (secondary N) is 2. The van der Waals surface area contributed by atoms with Crippen molar-refractivity contribution in [2.45, 2.75) is 32.6 Å². The van der Waals surface area contributed by atoms with Crippen molar-refractivity contribution in [3.05, 3.63) is 53.6 Å². The predicted molar refractivity (Wildman–Crippen MR) is 121 cm³/mol. The average Bonchev–Trinajstić information content (AvgIpc) is 3.47. The van der Waals surface area contributed by atoms with Crippen molar-refractivity contribution in [2.24, 2.45) is 0 Å². The first-order valence-corrected chi connectivity index (χ1v) is 10.9. The first kappa shape index (κ1) is 20.3. The lowest BCUT2D eigenvalue weighted by Gasteiger charge is -2.18. The van der Waals surface area contributed by atoms with Gasteiger partial charge in [0.05, 0.1) is 6.54 Å². The number of anilines is 3. The number of nitrogens with zero attached hydrogens (tertiary/aromatic N) is 2. The maximum atomic E-state index is 12.5. The van der Waals surface area contributed by atoms with Crippen molar-refractivity contribution in [1.82, 2.24) is 4.90 Å². The van der Waals surface area contributed by atoms with E-state index in [9.17, 15) is 9.59 Å². The number of hydrogen-bond acceptors (Lipinski definition) is 4. The Kier molecular flexibility index (Phi) is 6.21. The van der Waals surface area contributed by atoms with Crippen LogP contribution in [-0.4, -0.2) is 49.4 Å². The molecular formula is C24H30N4O2. The van der Waals surface area contributed by atoms with Gasteiger partial charge < -0.3 is 20.4 Å². The van der Waals surface area contributed by atoms with Crippen molar-refractivity contribution in [1.29, 1.82) is 0 Å². The molecule has 2 heterocycles. The van der Waals surface area contributed by atoms with E-state index >= 15 is 0 Å². The molecule has 2 saturated heterocycles. The van der Waals surface area contributed by atoms with Gasteiger partial charge in [0, 0.05) is 48.8 Å². The highest BCUT2D eigenvalue weighted by molar-refractivity contribution is 5.96. The number of hydrogen-bond donors (Lipinski definition) is 2. The molecule has 0 spiro atoms. The Morgan fingerprint density at radius 3 is 2.23 bits per heavy atom. The van der Waals surface area contributed by atoms with Crippen molar-refractivity contribution in [3.63, 3.8) is 0 Å². The molecule has 0 bridgehead atoms. The van der Waals surface area contributed by atoms with Gasteiger partial charge in [-0.25, -0.2) is 0 Å². The fourth-order valence-electron chi connectivity index (χ4n) is 4.21.